The molecule has 0 radical (unpaired) electrons. The Kier molecular flexibility index (Phi) is 6.07. The fraction of sp³-hybridized carbons (Fsp3) is 0.136. The van der Waals surface area contributed by atoms with E-state index in [1.54, 1.807) is 0 Å². The van der Waals surface area contributed by atoms with Crippen molar-refractivity contribution in [2.24, 2.45) is 11.5 Å². The molecule has 0 aliphatic heterocycles. The molecular formula is C22H25N5. The number of hydrogen-bond acceptors (Lipinski definition) is 4. The van der Waals surface area contributed by atoms with E-state index >= 15 is 0 Å². The lowest BCUT2D eigenvalue weighted by atomic mass is 10.1. The van der Waals surface area contributed by atoms with Gasteiger partial charge in [0.25, 0.3) is 0 Å². The summed E-state index contributed by atoms with van der Waals surface area (Å²) in [6.45, 7) is 2.06. The molecule has 0 unspecified atom stereocenters. The molecule has 0 aromatic heterocycles. The van der Waals surface area contributed by atoms with E-state index in [9.17, 15) is 0 Å². The number of nitrogen functional groups attached to an aromatic ring is 1. The van der Waals surface area contributed by atoms with E-state index in [2.05, 4.69) is 47.0 Å². The zero-order valence-corrected chi connectivity index (χ0v) is 15.2. The van der Waals surface area contributed by atoms with Crippen molar-refractivity contribution in [2.45, 2.75) is 19.6 Å². The Balaban J connectivity index is 1.55. The fourth-order valence-electron chi connectivity index (χ4n) is 2.78. The standard InChI is InChI=1S/C22H25N5/c23-13-16-4-8-20(9-5-16)26-14-17-2-1-3-18(12-17)15-27-21-10-6-19(7-11-21)22(24)25/h1-12,26-27H,13-15,23H2,(H3,24,25). The van der Waals surface area contributed by atoms with Gasteiger partial charge in [0.1, 0.15) is 5.84 Å². The van der Waals surface area contributed by atoms with Gasteiger partial charge in [-0.3, -0.25) is 5.41 Å². The SMILES string of the molecule is N=C(N)c1ccc(NCc2cccc(CNc3ccc(CN)cc3)c2)cc1. The highest BCUT2D eigenvalue weighted by Crippen LogP contribution is 2.14. The molecule has 138 valence electrons. The van der Waals surface area contributed by atoms with Crippen molar-refractivity contribution in [1.82, 2.24) is 0 Å². The molecule has 7 N–H and O–H groups in total. The summed E-state index contributed by atoms with van der Waals surface area (Å²) in [7, 11) is 0. The van der Waals surface area contributed by atoms with Crippen molar-refractivity contribution >= 4 is 17.2 Å². The van der Waals surface area contributed by atoms with Crippen LogP contribution in [-0.2, 0) is 19.6 Å². The Morgan fingerprint density at radius 2 is 1.26 bits per heavy atom. The normalized spacial score (nSPS) is 10.4. The average molecular weight is 359 g/mol. The molecule has 0 amide bonds. The molecule has 0 bridgehead atoms. The van der Waals surface area contributed by atoms with Gasteiger partial charge in [-0.2, -0.15) is 0 Å². The van der Waals surface area contributed by atoms with E-state index in [-0.39, 0.29) is 5.84 Å². The van der Waals surface area contributed by atoms with Gasteiger partial charge in [-0.05, 0) is 53.1 Å². The van der Waals surface area contributed by atoms with E-state index in [1.807, 2.05) is 36.4 Å². The molecule has 0 aliphatic rings. The van der Waals surface area contributed by atoms with Crippen molar-refractivity contribution in [3.8, 4) is 0 Å². The van der Waals surface area contributed by atoms with Crippen LogP contribution in [0.4, 0.5) is 11.4 Å². The van der Waals surface area contributed by atoms with Crippen LogP contribution in [0.1, 0.15) is 22.3 Å². The Hall–Kier alpha value is -3.31. The van der Waals surface area contributed by atoms with Crippen LogP contribution in [0, 0.1) is 5.41 Å². The lowest BCUT2D eigenvalue weighted by molar-refractivity contribution is 1.07. The van der Waals surface area contributed by atoms with Crippen LogP contribution in [0.25, 0.3) is 0 Å². The van der Waals surface area contributed by atoms with Crippen LogP contribution in [0.5, 0.6) is 0 Å². The molecule has 0 aliphatic carbocycles. The maximum absolute atomic E-state index is 7.43. The van der Waals surface area contributed by atoms with Gasteiger partial charge in [0.05, 0.1) is 0 Å². The van der Waals surface area contributed by atoms with Gasteiger partial charge in [-0.15, -0.1) is 0 Å². The third-order valence-electron chi connectivity index (χ3n) is 4.37. The third kappa shape index (κ3) is 5.33. The molecule has 0 atom stereocenters. The van der Waals surface area contributed by atoms with Crippen molar-refractivity contribution in [2.75, 3.05) is 10.6 Å². The summed E-state index contributed by atoms with van der Waals surface area (Å²) in [5.41, 5.74) is 17.5. The molecule has 5 heteroatoms. The molecule has 3 aromatic rings. The van der Waals surface area contributed by atoms with Gasteiger partial charge in [0.2, 0.25) is 0 Å². The summed E-state index contributed by atoms with van der Waals surface area (Å²) < 4.78 is 0. The number of rotatable bonds is 8. The van der Waals surface area contributed by atoms with E-state index in [0.29, 0.717) is 6.54 Å². The van der Waals surface area contributed by atoms with Crippen LogP contribution in [0.15, 0.2) is 72.8 Å². The Bertz CT molecular complexity index is 885. The van der Waals surface area contributed by atoms with Crippen LogP contribution < -0.4 is 22.1 Å². The molecule has 3 aromatic carbocycles. The first-order valence-electron chi connectivity index (χ1n) is 8.93. The first kappa shape index (κ1) is 18.5. The van der Waals surface area contributed by atoms with Gasteiger partial charge < -0.3 is 22.1 Å². The number of anilines is 2. The first-order chi connectivity index (χ1) is 13.1. The number of nitrogens with one attached hydrogen (secondary N) is 3. The van der Waals surface area contributed by atoms with Crippen LogP contribution in [0.2, 0.25) is 0 Å². The smallest absolute Gasteiger partial charge is 0.122 e. The Morgan fingerprint density at radius 3 is 1.74 bits per heavy atom. The monoisotopic (exact) mass is 359 g/mol. The minimum atomic E-state index is 0.0828. The second kappa shape index (κ2) is 8.87. The maximum Gasteiger partial charge on any atom is 0.122 e. The highest BCUT2D eigenvalue weighted by molar-refractivity contribution is 5.95. The summed E-state index contributed by atoms with van der Waals surface area (Å²) in [5.74, 6) is 0.0828. The molecule has 0 saturated carbocycles. The zero-order chi connectivity index (χ0) is 19.1. The molecular weight excluding hydrogens is 334 g/mol. The summed E-state index contributed by atoms with van der Waals surface area (Å²) >= 11 is 0. The molecule has 0 spiro atoms. The van der Waals surface area contributed by atoms with Gasteiger partial charge in [0.15, 0.2) is 0 Å². The molecule has 5 nitrogen and oxygen atoms in total. The van der Waals surface area contributed by atoms with Gasteiger partial charge in [-0.1, -0.05) is 36.4 Å². The van der Waals surface area contributed by atoms with Crippen molar-refractivity contribution < 1.29 is 0 Å². The van der Waals surface area contributed by atoms with Crippen molar-refractivity contribution in [1.29, 1.82) is 5.41 Å². The lowest BCUT2D eigenvalue weighted by Gasteiger charge is -2.10. The van der Waals surface area contributed by atoms with E-state index in [4.69, 9.17) is 16.9 Å². The number of hydrogen-bond donors (Lipinski definition) is 5. The third-order valence-corrected chi connectivity index (χ3v) is 4.37. The van der Waals surface area contributed by atoms with Gasteiger partial charge in [-0.25, -0.2) is 0 Å². The fourth-order valence-corrected chi connectivity index (χ4v) is 2.78. The number of nitrogens with two attached hydrogens (primary N) is 2. The second-order valence-corrected chi connectivity index (χ2v) is 6.42. The predicted molar refractivity (Wildman–Crippen MR) is 113 cm³/mol. The van der Waals surface area contributed by atoms with E-state index in [1.165, 1.54) is 11.1 Å². The molecule has 0 saturated heterocycles. The maximum atomic E-state index is 7.43. The average Bonchev–Trinajstić information content (AvgIpc) is 2.72. The second-order valence-electron chi connectivity index (χ2n) is 6.42. The topological polar surface area (TPSA) is 100.0 Å². The number of amidine groups is 1. The minimum absolute atomic E-state index is 0.0828. The van der Waals surface area contributed by atoms with Crippen molar-refractivity contribution in [3.63, 3.8) is 0 Å². The largest absolute Gasteiger partial charge is 0.384 e. The van der Waals surface area contributed by atoms with Crippen molar-refractivity contribution in [3.05, 3.63) is 95.1 Å². The first-order valence-corrected chi connectivity index (χ1v) is 8.93. The number of benzene rings is 3. The molecule has 0 fully saturated rings. The zero-order valence-electron chi connectivity index (χ0n) is 15.2. The Morgan fingerprint density at radius 1 is 0.741 bits per heavy atom. The predicted octanol–water partition coefficient (Wildman–Crippen LogP) is 3.65. The van der Waals surface area contributed by atoms with E-state index in [0.717, 1.165) is 35.6 Å². The molecule has 27 heavy (non-hydrogen) atoms. The lowest BCUT2D eigenvalue weighted by Crippen LogP contribution is -2.10. The molecule has 0 heterocycles. The highest BCUT2D eigenvalue weighted by atomic mass is 14.9. The summed E-state index contributed by atoms with van der Waals surface area (Å²) in [5, 5.41) is 14.3. The highest BCUT2D eigenvalue weighted by Gasteiger charge is 2.00. The summed E-state index contributed by atoms with van der Waals surface area (Å²) in [6.07, 6.45) is 0. The minimum Gasteiger partial charge on any atom is -0.384 e. The van der Waals surface area contributed by atoms with Crippen LogP contribution in [0.3, 0.4) is 0 Å². The summed E-state index contributed by atoms with van der Waals surface area (Å²) in [6, 6.07) is 24.3. The summed E-state index contributed by atoms with van der Waals surface area (Å²) in [4.78, 5) is 0. The Labute approximate surface area is 159 Å². The van der Waals surface area contributed by atoms with E-state index < -0.39 is 0 Å². The quantitative estimate of drug-likeness (QED) is 0.313. The molecule has 3 rings (SSSR count). The van der Waals surface area contributed by atoms with Gasteiger partial charge >= 0.3 is 0 Å². The van der Waals surface area contributed by atoms with Crippen LogP contribution in [-0.4, -0.2) is 5.84 Å². The van der Waals surface area contributed by atoms with Crippen LogP contribution >= 0.6 is 0 Å². The van der Waals surface area contributed by atoms with Gasteiger partial charge in [0, 0.05) is 36.6 Å².